The zero-order chi connectivity index (χ0) is 22.3. The monoisotopic (exact) mass is 472 g/mol. The molecule has 4 nitrogen and oxygen atoms in total. The lowest BCUT2D eigenvalue weighted by molar-refractivity contribution is 0.0697. The van der Waals surface area contributed by atoms with Gasteiger partial charge in [0.1, 0.15) is 0 Å². The quantitative estimate of drug-likeness (QED) is 0.535. The topological polar surface area (TPSA) is 53.4 Å². The third-order valence-electron chi connectivity index (χ3n) is 5.87. The van der Waals surface area contributed by atoms with Crippen LogP contribution in [0.1, 0.15) is 73.6 Å². The van der Waals surface area contributed by atoms with Gasteiger partial charge in [0.05, 0.1) is 5.56 Å². The molecule has 1 aromatic heterocycles. The molecule has 0 aliphatic carbocycles. The van der Waals surface area contributed by atoms with E-state index in [1.54, 1.807) is 12.1 Å². The summed E-state index contributed by atoms with van der Waals surface area (Å²) >= 11 is 3.63. The Balaban J connectivity index is 0.00000155. The van der Waals surface area contributed by atoms with Gasteiger partial charge in [0.25, 0.3) is 0 Å². The van der Waals surface area contributed by atoms with Crippen LogP contribution in [-0.4, -0.2) is 40.1 Å². The van der Waals surface area contributed by atoms with Crippen molar-refractivity contribution in [1.82, 2.24) is 9.88 Å². The predicted molar refractivity (Wildman–Crippen MR) is 128 cm³/mol. The van der Waals surface area contributed by atoms with Gasteiger partial charge in [-0.25, -0.2) is 4.79 Å². The van der Waals surface area contributed by atoms with E-state index in [4.69, 9.17) is 5.11 Å². The minimum Gasteiger partial charge on any atom is -0.478 e. The fourth-order valence-corrected chi connectivity index (χ4v) is 4.39. The third kappa shape index (κ3) is 6.02. The van der Waals surface area contributed by atoms with E-state index in [2.05, 4.69) is 45.7 Å². The fourth-order valence-electron chi connectivity index (χ4n) is 3.87. The molecule has 1 atom stereocenters. The van der Waals surface area contributed by atoms with Crippen molar-refractivity contribution in [2.24, 2.45) is 0 Å². The Labute approximate surface area is 189 Å². The van der Waals surface area contributed by atoms with Gasteiger partial charge in [-0.2, -0.15) is 0 Å². The maximum atomic E-state index is 11.0. The van der Waals surface area contributed by atoms with Gasteiger partial charge in [-0.05, 0) is 76.4 Å². The summed E-state index contributed by atoms with van der Waals surface area (Å²) in [6, 6.07) is 9.74. The Kier molecular flexibility index (Phi) is 9.25. The van der Waals surface area contributed by atoms with Gasteiger partial charge in [0.15, 0.2) is 0 Å². The van der Waals surface area contributed by atoms with Crippen LogP contribution in [0.25, 0.3) is 6.08 Å². The van der Waals surface area contributed by atoms with Gasteiger partial charge in [-0.3, -0.25) is 9.88 Å². The van der Waals surface area contributed by atoms with Crippen molar-refractivity contribution in [3.05, 3.63) is 69.0 Å². The van der Waals surface area contributed by atoms with E-state index in [1.807, 2.05) is 45.2 Å². The first kappa shape index (κ1) is 24.3. The zero-order valence-electron chi connectivity index (χ0n) is 18.7. The lowest BCUT2D eigenvalue weighted by Gasteiger charge is -2.36. The summed E-state index contributed by atoms with van der Waals surface area (Å²) in [6.07, 6.45) is 6.26. The zero-order valence-corrected chi connectivity index (χ0v) is 20.2. The van der Waals surface area contributed by atoms with Crippen LogP contribution >= 0.6 is 15.9 Å². The van der Waals surface area contributed by atoms with E-state index in [0.29, 0.717) is 17.5 Å². The first-order valence-electron chi connectivity index (χ1n) is 10.7. The van der Waals surface area contributed by atoms with E-state index < -0.39 is 5.97 Å². The second-order valence-electron chi connectivity index (χ2n) is 7.59. The second-order valence-corrected chi connectivity index (χ2v) is 8.45. The molecule has 0 radical (unpaired) electrons. The lowest BCUT2D eigenvalue weighted by atomic mass is 9.88. The number of carboxylic acid groups (broad SMARTS) is 1. The molecule has 0 amide bonds. The first-order chi connectivity index (χ1) is 14.4. The van der Waals surface area contributed by atoms with Crippen LogP contribution in [-0.2, 0) is 0 Å². The minimum atomic E-state index is -0.868. The van der Waals surface area contributed by atoms with E-state index >= 15 is 0 Å². The SMILES string of the molecule is C/C(=C\c1c(Br)ccnc1C)C(C)N1CCC(c2ccc(C(=O)O)cc2)CC1.CC. The number of rotatable bonds is 5. The van der Waals surface area contributed by atoms with Crippen LogP contribution in [0.5, 0.6) is 0 Å². The molecule has 1 aliphatic heterocycles. The molecule has 1 N–H and O–H groups in total. The van der Waals surface area contributed by atoms with Crippen LogP contribution in [0.2, 0.25) is 0 Å². The number of carboxylic acids is 1. The molecule has 5 heteroatoms. The summed E-state index contributed by atoms with van der Waals surface area (Å²) in [4.78, 5) is 18.0. The number of aryl methyl sites for hydroxylation is 1. The molecule has 1 unspecified atom stereocenters. The number of benzene rings is 1. The van der Waals surface area contributed by atoms with Crippen molar-refractivity contribution < 1.29 is 9.90 Å². The molecular formula is C25H33BrN2O2. The number of piperidine rings is 1. The van der Waals surface area contributed by atoms with Crippen LogP contribution < -0.4 is 0 Å². The van der Waals surface area contributed by atoms with E-state index in [0.717, 1.165) is 41.7 Å². The standard InChI is InChI=1S/C23H27BrN2O2.C2H6/c1-15(14-21-16(2)25-11-8-22(21)24)17(3)26-12-9-19(10-13-26)18-4-6-20(7-5-18)23(27)28;1-2/h4-8,11,14,17,19H,9-10,12-13H2,1-3H3,(H,27,28);1-2H3/b15-14+;. The molecule has 1 aromatic carbocycles. The smallest absolute Gasteiger partial charge is 0.335 e. The number of aromatic nitrogens is 1. The molecule has 3 rings (SSSR count). The third-order valence-corrected chi connectivity index (χ3v) is 6.56. The van der Waals surface area contributed by atoms with Crippen LogP contribution in [0.3, 0.4) is 0 Å². The maximum absolute atomic E-state index is 11.0. The van der Waals surface area contributed by atoms with Gasteiger partial charge in [-0.15, -0.1) is 0 Å². The lowest BCUT2D eigenvalue weighted by Crippen LogP contribution is -2.40. The summed E-state index contributed by atoms with van der Waals surface area (Å²) < 4.78 is 1.08. The van der Waals surface area contributed by atoms with Crippen LogP contribution in [0.15, 0.2) is 46.6 Å². The highest BCUT2D eigenvalue weighted by molar-refractivity contribution is 9.10. The van der Waals surface area contributed by atoms with Gasteiger partial charge in [0, 0.05) is 28.0 Å². The Morgan fingerprint density at radius 2 is 1.80 bits per heavy atom. The molecule has 0 spiro atoms. The predicted octanol–water partition coefficient (Wildman–Crippen LogP) is 6.55. The molecule has 1 fully saturated rings. The highest BCUT2D eigenvalue weighted by atomic mass is 79.9. The summed E-state index contributed by atoms with van der Waals surface area (Å²) in [5.74, 6) is -0.363. The van der Waals surface area contributed by atoms with Crippen molar-refractivity contribution in [3.63, 3.8) is 0 Å². The van der Waals surface area contributed by atoms with Crippen LogP contribution in [0.4, 0.5) is 0 Å². The fraction of sp³-hybridized carbons (Fsp3) is 0.440. The van der Waals surface area contributed by atoms with Crippen molar-refractivity contribution in [3.8, 4) is 0 Å². The van der Waals surface area contributed by atoms with E-state index in [-0.39, 0.29) is 0 Å². The molecule has 2 aromatic rings. The van der Waals surface area contributed by atoms with E-state index in [9.17, 15) is 4.79 Å². The van der Waals surface area contributed by atoms with Crippen molar-refractivity contribution in [2.75, 3.05) is 13.1 Å². The number of nitrogens with zero attached hydrogens (tertiary/aromatic N) is 2. The van der Waals surface area contributed by atoms with Gasteiger partial charge < -0.3 is 5.11 Å². The number of hydrogen-bond acceptors (Lipinski definition) is 3. The molecular weight excluding hydrogens is 440 g/mol. The molecule has 162 valence electrons. The highest BCUT2D eigenvalue weighted by Crippen LogP contribution is 2.31. The summed E-state index contributed by atoms with van der Waals surface area (Å²) in [5.41, 5.74) is 5.12. The van der Waals surface area contributed by atoms with Crippen molar-refractivity contribution >= 4 is 28.0 Å². The molecule has 0 bridgehead atoms. The number of hydrogen-bond donors (Lipinski definition) is 1. The van der Waals surface area contributed by atoms with Gasteiger partial charge in [-0.1, -0.05) is 53.6 Å². The average molecular weight is 473 g/mol. The number of aromatic carboxylic acids is 1. The number of pyridine rings is 1. The van der Waals surface area contributed by atoms with Gasteiger partial charge >= 0.3 is 5.97 Å². The van der Waals surface area contributed by atoms with Crippen molar-refractivity contribution in [1.29, 1.82) is 0 Å². The Bertz CT molecular complexity index is 849. The minimum absolute atomic E-state index is 0.354. The molecule has 30 heavy (non-hydrogen) atoms. The summed E-state index contributed by atoms with van der Waals surface area (Å²) in [7, 11) is 0. The normalized spacial score (nSPS) is 16.5. The average Bonchev–Trinajstić information content (AvgIpc) is 2.77. The largest absolute Gasteiger partial charge is 0.478 e. The Morgan fingerprint density at radius 1 is 1.20 bits per heavy atom. The number of likely N-dealkylation sites (tertiary alicyclic amines) is 1. The van der Waals surface area contributed by atoms with E-state index in [1.165, 1.54) is 11.1 Å². The van der Waals surface area contributed by atoms with Crippen LogP contribution in [0, 0.1) is 6.92 Å². The first-order valence-corrected chi connectivity index (χ1v) is 11.5. The van der Waals surface area contributed by atoms with Crippen molar-refractivity contribution in [2.45, 2.75) is 59.4 Å². The summed E-state index contributed by atoms with van der Waals surface area (Å²) in [5, 5.41) is 9.05. The number of carbonyl (C=O) groups is 1. The Hall–Kier alpha value is -1.98. The van der Waals surface area contributed by atoms with Gasteiger partial charge in [0.2, 0.25) is 0 Å². The highest BCUT2D eigenvalue weighted by Gasteiger charge is 2.24. The maximum Gasteiger partial charge on any atom is 0.335 e. The molecule has 1 saturated heterocycles. The molecule has 1 aliphatic rings. The number of halogens is 1. The molecule has 0 saturated carbocycles. The summed E-state index contributed by atoms with van der Waals surface area (Å²) in [6.45, 7) is 12.6. The molecule has 2 heterocycles. The second kappa shape index (κ2) is 11.4. The Morgan fingerprint density at radius 3 is 2.33 bits per heavy atom.